The van der Waals surface area contributed by atoms with Gasteiger partial charge in [0.05, 0.1) is 12.5 Å². The topological polar surface area (TPSA) is 85.2 Å². The van der Waals surface area contributed by atoms with Crippen LogP contribution in [0.5, 0.6) is 0 Å². The highest BCUT2D eigenvalue weighted by molar-refractivity contribution is 6.45. The van der Waals surface area contributed by atoms with Crippen molar-refractivity contribution in [2.24, 2.45) is 11.8 Å². The monoisotopic (exact) mass is 253 g/mol. The van der Waals surface area contributed by atoms with E-state index in [0.29, 0.717) is 31.8 Å². The molecule has 0 aliphatic rings. The molecule has 0 rings (SSSR count). The smallest absolute Gasteiger partial charge is 0.373 e. The number of hydrogen-bond donors (Lipinski definition) is 3. The molecular formula is C12H24BN3O2. The Morgan fingerprint density at radius 1 is 1.50 bits per heavy atom. The van der Waals surface area contributed by atoms with Crippen molar-refractivity contribution in [2.45, 2.75) is 39.9 Å². The number of nitriles is 1. The summed E-state index contributed by atoms with van der Waals surface area (Å²) in [6.07, 6.45) is 1.71. The van der Waals surface area contributed by atoms with Crippen LogP contribution in [0.3, 0.4) is 0 Å². The van der Waals surface area contributed by atoms with Crippen molar-refractivity contribution in [3.05, 3.63) is 0 Å². The molecule has 5 nitrogen and oxygen atoms in total. The van der Waals surface area contributed by atoms with Gasteiger partial charge in [-0.05, 0) is 31.6 Å². The Bertz CT molecular complexity index is 277. The Balaban J connectivity index is 4.05. The molecular weight excluding hydrogens is 229 g/mol. The van der Waals surface area contributed by atoms with E-state index in [1.165, 1.54) is 0 Å². The summed E-state index contributed by atoms with van der Waals surface area (Å²) in [7, 11) is -0.554. The molecule has 0 spiro atoms. The summed E-state index contributed by atoms with van der Waals surface area (Å²) >= 11 is 0. The maximum Gasteiger partial charge on any atom is 0.373 e. The van der Waals surface area contributed by atoms with Crippen molar-refractivity contribution in [3.63, 3.8) is 0 Å². The van der Waals surface area contributed by atoms with Crippen LogP contribution in [0.15, 0.2) is 0 Å². The van der Waals surface area contributed by atoms with Gasteiger partial charge in [0, 0.05) is 13.0 Å². The fourth-order valence-electron chi connectivity index (χ4n) is 1.83. The standard InChI is InChI=1S/C12H24BN3O2/c1-10(2)7-11(9-16-13(3)18)8-12(17)15-6-4-5-14/h10-11,16,18H,4,6-9H2,1-3H3,(H,15,17). The van der Waals surface area contributed by atoms with Crippen molar-refractivity contribution >= 4 is 13.0 Å². The molecule has 0 heterocycles. The highest BCUT2D eigenvalue weighted by atomic mass is 16.2. The van der Waals surface area contributed by atoms with E-state index < -0.39 is 7.05 Å². The second-order valence-corrected chi connectivity index (χ2v) is 5.04. The number of nitrogens with one attached hydrogen (secondary N) is 2. The largest absolute Gasteiger partial charge is 0.437 e. The Morgan fingerprint density at radius 2 is 2.17 bits per heavy atom. The zero-order chi connectivity index (χ0) is 14.0. The van der Waals surface area contributed by atoms with Crippen molar-refractivity contribution in [3.8, 4) is 6.07 Å². The normalized spacial score (nSPS) is 12.0. The zero-order valence-corrected chi connectivity index (χ0v) is 11.6. The number of rotatable bonds is 9. The van der Waals surface area contributed by atoms with E-state index in [9.17, 15) is 9.82 Å². The first-order chi connectivity index (χ1) is 8.45. The number of amides is 1. The number of carbonyl (C=O) groups excluding carboxylic acids is 1. The molecule has 0 aromatic heterocycles. The molecule has 1 atom stereocenters. The summed E-state index contributed by atoms with van der Waals surface area (Å²) in [5, 5.41) is 23.3. The highest BCUT2D eigenvalue weighted by Crippen LogP contribution is 2.14. The minimum Gasteiger partial charge on any atom is -0.437 e. The fraction of sp³-hybridized carbons (Fsp3) is 0.833. The van der Waals surface area contributed by atoms with Crippen LogP contribution in [0.25, 0.3) is 0 Å². The van der Waals surface area contributed by atoms with Crippen LogP contribution in [0.1, 0.15) is 33.1 Å². The summed E-state index contributed by atoms with van der Waals surface area (Å²) < 4.78 is 0. The van der Waals surface area contributed by atoms with Crippen LogP contribution in [0, 0.1) is 23.2 Å². The Hall–Kier alpha value is -1.06. The molecule has 18 heavy (non-hydrogen) atoms. The maximum absolute atomic E-state index is 11.6. The van der Waals surface area contributed by atoms with Gasteiger partial charge in [-0.1, -0.05) is 13.8 Å². The lowest BCUT2D eigenvalue weighted by atomic mass is 9.86. The lowest BCUT2D eigenvalue weighted by Crippen LogP contribution is -2.37. The van der Waals surface area contributed by atoms with Gasteiger partial charge in [0.15, 0.2) is 0 Å². The van der Waals surface area contributed by atoms with E-state index in [1.807, 2.05) is 6.07 Å². The average molecular weight is 253 g/mol. The third-order valence-corrected chi connectivity index (χ3v) is 2.54. The second kappa shape index (κ2) is 9.92. The molecule has 0 bridgehead atoms. The van der Waals surface area contributed by atoms with Gasteiger partial charge in [0.2, 0.25) is 5.91 Å². The summed E-state index contributed by atoms with van der Waals surface area (Å²) in [5.41, 5.74) is 0. The summed E-state index contributed by atoms with van der Waals surface area (Å²) in [6, 6.07) is 1.99. The third-order valence-electron chi connectivity index (χ3n) is 2.54. The third kappa shape index (κ3) is 10.1. The van der Waals surface area contributed by atoms with Gasteiger partial charge in [-0.15, -0.1) is 0 Å². The van der Waals surface area contributed by atoms with E-state index in [0.717, 1.165) is 6.42 Å². The lowest BCUT2D eigenvalue weighted by molar-refractivity contribution is -0.122. The minimum absolute atomic E-state index is 0.0247. The van der Waals surface area contributed by atoms with Gasteiger partial charge in [-0.25, -0.2) is 0 Å². The average Bonchev–Trinajstić information content (AvgIpc) is 2.25. The molecule has 6 heteroatoms. The van der Waals surface area contributed by atoms with Crippen molar-refractivity contribution in [2.75, 3.05) is 13.1 Å². The Kier molecular flexibility index (Phi) is 9.34. The molecule has 0 saturated carbocycles. The molecule has 0 saturated heterocycles. The first kappa shape index (κ1) is 16.9. The van der Waals surface area contributed by atoms with Crippen molar-refractivity contribution in [1.29, 1.82) is 5.26 Å². The van der Waals surface area contributed by atoms with Gasteiger partial charge in [-0.2, -0.15) is 5.26 Å². The number of carbonyl (C=O) groups is 1. The fourth-order valence-corrected chi connectivity index (χ4v) is 1.83. The van der Waals surface area contributed by atoms with Crippen LogP contribution in [-0.4, -0.2) is 31.1 Å². The Labute approximate surface area is 110 Å². The summed E-state index contributed by atoms with van der Waals surface area (Å²) in [4.78, 5) is 11.6. The van der Waals surface area contributed by atoms with Crippen molar-refractivity contribution < 1.29 is 9.82 Å². The van der Waals surface area contributed by atoms with Crippen LogP contribution in [0.4, 0.5) is 0 Å². The number of nitrogens with zero attached hydrogens (tertiary/aromatic N) is 1. The lowest BCUT2D eigenvalue weighted by Gasteiger charge is -2.19. The van der Waals surface area contributed by atoms with Crippen molar-refractivity contribution in [1.82, 2.24) is 10.5 Å². The predicted octanol–water partition coefficient (Wildman–Crippen LogP) is 0.769. The molecule has 0 radical (unpaired) electrons. The molecule has 0 aromatic rings. The SMILES string of the molecule is CB(O)NCC(CC(=O)NCCC#N)CC(C)C. The zero-order valence-electron chi connectivity index (χ0n) is 11.6. The summed E-state index contributed by atoms with van der Waals surface area (Å²) in [6.45, 7) is 6.93. The molecule has 3 N–H and O–H groups in total. The van der Waals surface area contributed by atoms with Crippen LogP contribution >= 0.6 is 0 Å². The second-order valence-electron chi connectivity index (χ2n) is 5.04. The van der Waals surface area contributed by atoms with Gasteiger partial charge >= 0.3 is 7.05 Å². The van der Waals surface area contributed by atoms with E-state index in [2.05, 4.69) is 24.4 Å². The van der Waals surface area contributed by atoms with Crippen LogP contribution < -0.4 is 10.5 Å². The van der Waals surface area contributed by atoms with Crippen LogP contribution in [0.2, 0.25) is 6.82 Å². The van der Waals surface area contributed by atoms with E-state index in [-0.39, 0.29) is 11.8 Å². The Morgan fingerprint density at radius 3 is 2.67 bits per heavy atom. The summed E-state index contributed by atoms with van der Waals surface area (Å²) in [5.74, 6) is 0.697. The molecule has 102 valence electrons. The van der Waals surface area contributed by atoms with Gasteiger partial charge in [0.25, 0.3) is 0 Å². The predicted molar refractivity (Wildman–Crippen MR) is 72.6 cm³/mol. The number of hydrogen-bond acceptors (Lipinski definition) is 4. The molecule has 0 aromatic carbocycles. The van der Waals surface area contributed by atoms with E-state index in [1.54, 1.807) is 6.82 Å². The minimum atomic E-state index is -0.554. The van der Waals surface area contributed by atoms with E-state index >= 15 is 0 Å². The van der Waals surface area contributed by atoms with Gasteiger partial charge in [-0.3, -0.25) is 4.79 Å². The highest BCUT2D eigenvalue weighted by Gasteiger charge is 2.16. The van der Waals surface area contributed by atoms with E-state index in [4.69, 9.17) is 5.26 Å². The van der Waals surface area contributed by atoms with Gasteiger partial charge in [0.1, 0.15) is 0 Å². The maximum atomic E-state index is 11.6. The van der Waals surface area contributed by atoms with Gasteiger partial charge < -0.3 is 15.6 Å². The molecule has 1 unspecified atom stereocenters. The molecule has 1 amide bonds. The first-order valence-corrected chi connectivity index (χ1v) is 6.50. The molecule has 0 fully saturated rings. The first-order valence-electron chi connectivity index (χ1n) is 6.50. The quantitative estimate of drug-likeness (QED) is 0.418. The molecule has 0 aliphatic carbocycles. The van der Waals surface area contributed by atoms with Crippen LogP contribution in [-0.2, 0) is 4.79 Å². The molecule has 0 aliphatic heterocycles.